The summed E-state index contributed by atoms with van der Waals surface area (Å²) in [4.78, 5) is 25.5. The minimum atomic E-state index is -1.17. The summed E-state index contributed by atoms with van der Waals surface area (Å²) in [6.07, 6.45) is 1.16. The maximum Gasteiger partial charge on any atom is 0.260 e. The summed E-state index contributed by atoms with van der Waals surface area (Å²) in [5.41, 5.74) is 0.418. The van der Waals surface area contributed by atoms with Crippen LogP contribution in [-0.4, -0.2) is 63.9 Å². The van der Waals surface area contributed by atoms with Gasteiger partial charge in [0.1, 0.15) is 5.69 Å². The highest BCUT2D eigenvalue weighted by Gasteiger charge is 2.37. The van der Waals surface area contributed by atoms with Crippen LogP contribution in [0.3, 0.4) is 0 Å². The minimum absolute atomic E-state index is 0.00500. The van der Waals surface area contributed by atoms with Crippen molar-refractivity contribution in [3.63, 3.8) is 0 Å². The fraction of sp³-hybridized carbons (Fsp3) is 0.688. The highest BCUT2D eigenvalue weighted by Crippen LogP contribution is 2.25. The number of hydrogen-bond donors (Lipinski definition) is 2. The van der Waals surface area contributed by atoms with Crippen LogP contribution in [0.2, 0.25) is 0 Å². The minimum Gasteiger partial charge on any atom is -0.480 e. The number of carbonyl (C=O) groups excluding carboxylic acids is 2. The lowest BCUT2D eigenvalue weighted by atomic mass is 9.89. The van der Waals surface area contributed by atoms with E-state index in [4.69, 9.17) is 4.74 Å². The standard InChI is InChI=1S/C16H26N4O4/c1-11-15(12(2)19(4)18-11)24-9-14(22)20-7-5-6-16(23,10-20)8-13(21)17-3/h23H,5-10H2,1-4H3,(H,17,21). The third kappa shape index (κ3) is 4.05. The number of aromatic nitrogens is 2. The number of aryl methyl sites for hydroxylation is 2. The van der Waals surface area contributed by atoms with E-state index in [0.29, 0.717) is 25.1 Å². The van der Waals surface area contributed by atoms with Gasteiger partial charge in [0.05, 0.1) is 17.7 Å². The van der Waals surface area contributed by atoms with Crippen LogP contribution in [0.4, 0.5) is 0 Å². The van der Waals surface area contributed by atoms with Crippen LogP contribution in [0.5, 0.6) is 5.75 Å². The van der Waals surface area contributed by atoms with Gasteiger partial charge in [0.15, 0.2) is 12.4 Å². The molecule has 1 aromatic rings. The number of nitrogens with one attached hydrogen (secondary N) is 1. The van der Waals surface area contributed by atoms with Gasteiger partial charge in [-0.3, -0.25) is 14.3 Å². The number of carbonyl (C=O) groups is 2. The summed E-state index contributed by atoms with van der Waals surface area (Å²) >= 11 is 0. The van der Waals surface area contributed by atoms with Gasteiger partial charge in [-0.1, -0.05) is 0 Å². The fourth-order valence-corrected chi connectivity index (χ4v) is 3.05. The predicted molar refractivity (Wildman–Crippen MR) is 87.6 cm³/mol. The van der Waals surface area contributed by atoms with Crippen molar-refractivity contribution in [1.82, 2.24) is 20.0 Å². The SMILES string of the molecule is CNC(=O)CC1(O)CCCN(C(=O)COc2c(C)nn(C)c2C)C1. The zero-order valence-electron chi connectivity index (χ0n) is 14.8. The van der Waals surface area contributed by atoms with Crippen LogP contribution < -0.4 is 10.1 Å². The molecule has 1 aliphatic heterocycles. The number of amides is 2. The zero-order chi connectivity index (χ0) is 17.9. The third-order valence-electron chi connectivity index (χ3n) is 4.46. The van der Waals surface area contributed by atoms with Gasteiger partial charge in [-0.2, -0.15) is 5.10 Å². The lowest BCUT2D eigenvalue weighted by Gasteiger charge is -2.38. The molecular formula is C16H26N4O4. The molecule has 0 saturated carbocycles. The van der Waals surface area contributed by atoms with Crippen LogP contribution >= 0.6 is 0 Å². The second-order valence-corrected chi connectivity index (χ2v) is 6.41. The molecule has 0 radical (unpaired) electrons. The largest absolute Gasteiger partial charge is 0.480 e. The van der Waals surface area contributed by atoms with Gasteiger partial charge in [-0.25, -0.2) is 0 Å². The zero-order valence-corrected chi connectivity index (χ0v) is 14.8. The second-order valence-electron chi connectivity index (χ2n) is 6.41. The molecule has 1 aromatic heterocycles. The Morgan fingerprint density at radius 2 is 2.12 bits per heavy atom. The number of likely N-dealkylation sites (tertiary alicyclic amines) is 1. The van der Waals surface area contributed by atoms with Gasteiger partial charge in [-0.05, 0) is 26.7 Å². The highest BCUT2D eigenvalue weighted by molar-refractivity contribution is 5.79. The first-order valence-corrected chi connectivity index (χ1v) is 8.09. The van der Waals surface area contributed by atoms with Crippen LogP contribution in [0.1, 0.15) is 30.7 Å². The summed E-state index contributed by atoms with van der Waals surface area (Å²) in [5, 5.41) is 17.3. The normalized spacial score (nSPS) is 20.8. The number of aliphatic hydroxyl groups is 1. The number of nitrogens with zero attached hydrogens (tertiary/aromatic N) is 3. The Bertz CT molecular complexity index is 628. The number of ether oxygens (including phenoxy) is 1. The molecule has 0 aromatic carbocycles. The molecule has 1 atom stereocenters. The van der Waals surface area contributed by atoms with Crippen molar-refractivity contribution in [1.29, 1.82) is 0 Å². The van der Waals surface area contributed by atoms with Gasteiger partial charge < -0.3 is 20.1 Å². The Kier molecular flexibility index (Phi) is 5.48. The molecule has 8 heteroatoms. The van der Waals surface area contributed by atoms with E-state index in [9.17, 15) is 14.7 Å². The first-order valence-electron chi connectivity index (χ1n) is 8.09. The number of piperidine rings is 1. The van der Waals surface area contributed by atoms with E-state index in [1.807, 2.05) is 20.9 Å². The fourth-order valence-electron chi connectivity index (χ4n) is 3.05. The number of hydrogen-bond acceptors (Lipinski definition) is 5. The van der Waals surface area contributed by atoms with Gasteiger partial charge in [0.25, 0.3) is 5.91 Å². The van der Waals surface area contributed by atoms with Crippen molar-refractivity contribution in [3.05, 3.63) is 11.4 Å². The maximum atomic E-state index is 12.4. The van der Waals surface area contributed by atoms with Crippen molar-refractivity contribution < 1.29 is 19.4 Å². The Balaban J connectivity index is 1.95. The molecule has 8 nitrogen and oxygen atoms in total. The van der Waals surface area contributed by atoms with E-state index in [-0.39, 0.29) is 31.4 Å². The smallest absolute Gasteiger partial charge is 0.260 e. The average Bonchev–Trinajstić information content (AvgIpc) is 2.77. The average molecular weight is 338 g/mol. The Hall–Kier alpha value is -2.09. The van der Waals surface area contributed by atoms with E-state index < -0.39 is 5.60 Å². The topological polar surface area (TPSA) is 96.7 Å². The van der Waals surface area contributed by atoms with E-state index in [1.54, 1.807) is 9.58 Å². The molecule has 1 fully saturated rings. The summed E-state index contributed by atoms with van der Waals surface area (Å²) in [7, 11) is 3.35. The maximum absolute atomic E-state index is 12.4. The van der Waals surface area contributed by atoms with Crippen molar-refractivity contribution in [2.75, 3.05) is 26.7 Å². The van der Waals surface area contributed by atoms with E-state index in [1.165, 1.54) is 7.05 Å². The molecule has 0 bridgehead atoms. The van der Waals surface area contributed by atoms with Crippen molar-refractivity contribution in [2.24, 2.45) is 7.05 Å². The quantitative estimate of drug-likeness (QED) is 0.782. The third-order valence-corrected chi connectivity index (χ3v) is 4.46. The monoisotopic (exact) mass is 338 g/mol. The van der Waals surface area contributed by atoms with Gasteiger partial charge in [0.2, 0.25) is 5.91 Å². The summed E-state index contributed by atoms with van der Waals surface area (Å²) < 4.78 is 7.34. The molecule has 2 heterocycles. The number of rotatable bonds is 5. The van der Waals surface area contributed by atoms with Crippen molar-refractivity contribution in [3.8, 4) is 5.75 Å². The van der Waals surface area contributed by atoms with Gasteiger partial charge in [0, 0.05) is 27.2 Å². The predicted octanol–water partition coefficient (Wildman–Crippen LogP) is -0.0947. The molecule has 0 spiro atoms. The van der Waals surface area contributed by atoms with Crippen LogP contribution in [0, 0.1) is 13.8 Å². The molecule has 1 unspecified atom stereocenters. The Morgan fingerprint density at radius 3 is 2.71 bits per heavy atom. The molecule has 2 N–H and O–H groups in total. The summed E-state index contributed by atoms with van der Waals surface area (Å²) in [5.74, 6) is 0.181. The summed E-state index contributed by atoms with van der Waals surface area (Å²) in [6, 6.07) is 0. The molecule has 2 amide bonds. The molecule has 1 aliphatic rings. The van der Waals surface area contributed by atoms with E-state index in [0.717, 1.165) is 11.4 Å². The highest BCUT2D eigenvalue weighted by atomic mass is 16.5. The molecule has 24 heavy (non-hydrogen) atoms. The molecule has 134 valence electrons. The lowest BCUT2D eigenvalue weighted by molar-refractivity contribution is -0.143. The molecule has 2 rings (SSSR count). The second kappa shape index (κ2) is 7.21. The van der Waals surface area contributed by atoms with E-state index >= 15 is 0 Å². The van der Waals surface area contributed by atoms with E-state index in [2.05, 4.69) is 10.4 Å². The lowest BCUT2D eigenvalue weighted by Crippen LogP contribution is -2.53. The van der Waals surface area contributed by atoms with Crippen LogP contribution in [0.25, 0.3) is 0 Å². The van der Waals surface area contributed by atoms with Gasteiger partial charge in [-0.15, -0.1) is 0 Å². The van der Waals surface area contributed by atoms with Crippen molar-refractivity contribution in [2.45, 2.75) is 38.7 Å². The molecule has 0 aliphatic carbocycles. The first-order chi connectivity index (χ1) is 11.3. The first kappa shape index (κ1) is 18.3. The van der Waals surface area contributed by atoms with Crippen LogP contribution in [-0.2, 0) is 16.6 Å². The van der Waals surface area contributed by atoms with Gasteiger partial charge >= 0.3 is 0 Å². The van der Waals surface area contributed by atoms with Crippen molar-refractivity contribution >= 4 is 11.8 Å². The Labute approximate surface area is 141 Å². The Morgan fingerprint density at radius 1 is 1.42 bits per heavy atom. The molecular weight excluding hydrogens is 312 g/mol. The number of β-amino-alcohol motifs (C(OH)–C–C–N with tert-alkyl or cyclic N) is 1. The van der Waals surface area contributed by atoms with Crippen LogP contribution in [0.15, 0.2) is 0 Å². The molecule has 1 saturated heterocycles. The summed E-state index contributed by atoms with van der Waals surface area (Å²) in [6.45, 7) is 4.30.